The lowest BCUT2D eigenvalue weighted by atomic mass is 9.71. The lowest BCUT2D eigenvalue weighted by Gasteiger charge is -2.41. The lowest BCUT2D eigenvalue weighted by Crippen LogP contribution is -2.59. The quantitative estimate of drug-likeness (QED) is 0.356. The normalized spacial score (nSPS) is 32.1. The molecule has 3 saturated heterocycles. The van der Waals surface area contributed by atoms with Crippen molar-refractivity contribution in [2.45, 2.75) is 54.1 Å². The van der Waals surface area contributed by atoms with Crippen LogP contribution in [-0.4, -0.2) is 73.0 Å². The van der Waals surface area contributed by atoms with Crippen molar-refractivity contribution in [3.63, 3.8) is 0 Å². The molecule has 3 heterocycles. The second kappa shape index (κ2) is 9.72. The summed E-state index contributed by atoms with van der Waals surface area (Å²) in [5.41, 5.74) is 1.34. The molecular formula is C25H30BrClN2O5S. The van der Waals surface area contributed by atoms with Crippen LogP contribution in [0.25, 0.3) is 0 Å². The number of hydrogen-bond acceptors (Lipinski definition) is 5. The minimum atomic E-state index is -1.03. The third-order valence-electron chi connectivity index (χ3n) is 7.60. The third-order valence-corrected chi connectivity index (χ3v) is 11.1. The lowest BCUT2D eigenvalue weighted by molar-refractivity contribution is -0.149. The fraction of sp³-hybridized carbons (Fsp3) is 0.560. The molecule has 7 atom stereocenters. The van der Waals surface area contributed by atoms with Gasteiger partial charge in [0, 0.05) is 16.6 Å². The number of para-hydroxylation sites is 1. The number of likely N-dealkylation sites (tertiary alicyclic amines) is 1. The van der Waals surface area contributed by atoms with Gasteiger partial charge < -0.3 is 20.0 Å². The molecule has 190 valence electrons. The number of aliphatic carboxylic acids is 1. The van der Waals surface area contributed by atoms with Gasteiger partial charge in [0.25, 0.3) is 5.91 Å². The fourth-order valence-electron chi connectivity index (χ4n) is 6.14. The van der Waals surface area contributed by atoms with E-state index in [2.05, 4.69) is 22.5 Å². The molecule has 1 aromatic rings. The molecule has 10 heteroatoms. The average molecular weight is 586 g/mol. The van der Waals surface area contributed by atoms with E-state index < -0.39 is 34.6 Å². The zero-order chi connectivity index (χ0) is 25.8. The minimum Gasteiger partial charge on any atom is -0.481 e. The predicted molar refractivity (Wildman–Crippen MR) is 141 cm³/mol. The van der Waals surface area contributed by atoms with Crippen LogP contribution in [0.3, 0.4) is 0 Å². The van der Waals surface area contributed by atoms with Gasteiger partial charge in [-0.3, -0.25) is 14.4 Å². The number of alkyl halides is 1. The number of rotatable bonds is 8. The Labute approximate surface area is 223 Å². The maximum atomic E-state index is 14.5. The van der Waals surface area contributed by atoms with Gasteiger partial charge in [-0.25, -0.2) is 0 Å². The average Bonchev–Trinajstić information content (AvgIpc) is 3.37. The summed E-state index contributed by atoms with van der Waals surface area (Å²) < 4.78 is -0.924. The Bertz CT molecular complexity index is 1050. The van der Waals surface area contributed by atoms with Crippen molar-refractivity contribution in [2.75, 3.05) is 18.1 Å². The van der Waals surface area contributed by atoms with Crippen LogP contribution in [0, 0.1) is 24.7 Å². The van der Waals surface area contributed by atoms with Crippen molar-refractivity contribution in [3.8, 4) is 0 Å². The molecule has 0 saturated carbocycles. The first-order chi connectivity index (χ1) is 16.5. The highest BCUT2D eigenvalue weighted by Gasteiger charge is 2.76. The number of carbonyl (C=O) groups excluding carboxylic acids is 2. The summed E-state index contributed by atoms with van der Waals surface area (Å²) in [5, 5.41) is 20.5. The molecule has 2 N–H and O–H groups in total. The maximum absolute atomic E-state index is 14.5. The van der Waals surface area contributed by atoms with Crippen LogP contribution < -0.4 is 4.90 Å². The standard InChI is InChI=1S/C25H30BrClN2O5S/c1-5-9-28(19-13(4)7-6-8-15(19)27)23(32)21-25-10-14(26)20(35-25)17(24(33)34)18(25)22(31)29(21)16(11-30)12(2)3/h5-8,12,14,16-18,20-21,30H,1,9-11H2,2-4H3,(H,33,34)/t14?,16-,17+,18-,20+,21?,25?/m0/s1. The SMILES string of the molecule is C=CCN(C(=O)C1N([C@@H](CO)C(C)C)C(=O)[C@@H]2[C@@H](C(=O)O)[C@@H]3SC12CC3Br)c1c(C)cccc1Cl. The third kappa shape index (κ3) is 3.93. The zero-order valence-electron chi connectivity index (χ0n) is 19.9. The summed E-state index contributed by atoms with van der Waals surface area (Å²) in [7, 11) is 0. The number of hydrogen-bond donors (Lipinski definition) is 2. The van der Waals surface area contributed by atoms with Gasteiger partial charge in [0.05, 0.1) is 39.9 Å². The zero-order valence-corrected chi connectivity index (χ0v) is 23.0. The summed E-state index contributed by atoms with van der Waals surface area (Å²) in [6, 6.07) is 3.80. The predicted octanol–water partition coefficient (Wildman–Crippen LogP) is 3.73. The molecule has 0 aliphatic carbocycles. The topological polar surface area (TPSA) is 98.2 Å². The first kappa shape index (κ1) is 26.5. The number of carbonyl (C=O) groups is 3. The van der Waals surface area contributed by atoms with Crippen LogP contribution >= 0.6 is 39.3 Å². The number of benzene rings is 1. The van der Waals surface area contributed by atoms with E-state index in [1.54, 1.807) is 23.1 Å². The second-order valence-corrected chi connectivity index (χ2v) is 13.0. The van der Waals surface area contributed by atoms with Crippen LogP contribution in [0.2, 0.25) is 5.02 Å². The Morgan fingerprint density at radius 3 is 2.66 bits per heavy atom. The van der Waals surface area contributed by atoms with E-state index in [1.165, 1.54) is 16.7 Å². The first-order valence-electron chi connectivity index (χ1n) is 11.7. The molecule has 3 aliphatic heterocycles. The molecular weight excluding hydrogens is 556 g/mol. The Balaban J connectivity index is 1.90. The van der Waals surface area contributed by atoms with Crippen LogP contribution in [0.15, 0.2) is 30.9 Å². The van der Waals surface area contributed by atoms with Gasteiger partial charge in [-0.05, 0) is 30.9 Å². The highest BCUT2D eigenvalue weighted by Crippen LogP contribution is 2.68. The smallest absolute Gasteiger partial charge is 0.308 e. The Kier molecular flexibility index (Phi) is 7.37. The van der Waals surface area contributed by atoms with Crippen LogP contribution in [0.5, 0.6) is 0 Å². The molecule has 3 aliphatic rings. The highest BCUT2D eigenvalue weighted by molar-refractivity contribution is 9.09. The molecule has 3 fully saturated rings. The number of carboxylic acid groups (broad SMARTS) is 1. The number of thioether (sulfide) groups is 1. The van der Waals surface area contributed by atoms with Gasteiger partial charge in [0.2, 0.25) is 5.91 Å². The molecule has 35 heavy (non-hydrogen) atoms. The van der Waals surface area contributed by atoms with E-state index in [4.69, 9.17) is 11.6 Å². The molecule has 0 radical (unpaired) electrons. The Hall–Kier alpha value is -1.55. The largest absolute Gasteiger partial charge is 0.481 e. The van der Waals surface area contributed by atoms with Gasteiger partial charge in [0.15, 0.2) is 0 Å². The first-order valence-corrected chi connectivity index (χ1v) is 13.8. The Morgan fingerprint density at radius 1 is 1.43 bits per heavy atom. The van der Waals surface area contributed by atoms with Crippen molar-refractivity contribution < 1.29 is 24.6 Å². The van der Waals surface area contributed by atoms with Gasteiger partial charge >= 0.3 is 5.97 Å². The number of fused-ring (bicyclic) bond motifs is 1. The van der Waals surface area contributed by atoms with Gasteiger partial charge in [-0.2, -0.15) is 0 Å². The molecule has 3 unspecified atom stereocenters. The summed E-state index contributed by atoms with van der Waals surface area (Å²) in [4.78, 5) is 43.7. The van der Waals surface area contributed by atoms with E-state index in [9.17, 15) is 24.6 Å². The van der Waals surface area contributed by atoms with Crippen molar-refractivity contribution in [3.05, 3.63) is 41.4 Å². The van der Waals surface area contributed by atoms with Crippen LogP contribution in [0.4, 0.5) is 5.69 Å². The van der Waals surface area contributed by atoms with E-state index in [1.807, 2.05) is 26.8 Å². The number of amides is 2. The summed E-state index contributed by atoms with van der Waals surface area (Å²) >= 11 is 11.6. The van der Waals surface area contributed by atoms with Crippen LogP contribution in [-0.2, 0) is 14.4 Å². The van der Waals surface area contributed by atoms with Gasteiger partial charge in [-0.15, -0.1) is 18.3 Å². The van der Waals surface area contributed by atoms with Crippen molar-refractivity contribution in [1.82, 2.24) is 4.90 Å². The highest BCUT2D eigenvalue weighted by atomic mass is 79.9. The molecule has 1 aromatic carbocycles. The summed E-state index contributed by atoms with van der Waals surface area (Å²) in [6.07, 6.45) is 2.09. The van der Waals surface area contributed by atoms with Crippen LogP contribution in [0.1, 0.15) is 25.8 Å². The van der Waals surface area contributed by atoms with Gasteiger partial charge in [0.1, 0.15) is 6.04 Å². The molecule has 2 amide bonds. The molecule has 0 aromatic heterocycles. The van der Waals surface area contributed by atoms with Crippen molar-refractivity contribution in [2.24, 2.45) is 17.8 Å². The van der Waals surface area contributed by atoms with Crippen molar-refractivity contribution >= 4 is 62.8 Å². The van der Waals surface area contributed by atoms with E-state index >= 15 is 0 Å². The molecule has 4 rings (SSSR count). The van der Waals surface area contributed by atoms with E-state index in [-0.39, 0.29) is 41.0 Å². The second-order valence-electron chi connectivity index (χ2n) is 9.88. The number of halogens is 2. The Morgan fingerprint density at radius 2 is 2.11 bits per heavy atom. The number of carboxylic acids is 1. The van der Waals surface area contributed by atoms with E-state index in [0.717, 1.165) is 5.56 Å². The van der Waals surface area contributed by atoms with E-state index in [0.29, 0.717) is 17.1 Å². The van der Waals surface area contributed by atoms with Crippen molar-refractivity contribution in [1.29, 1.82) is 0 Å². The number of anilines is 1. The monoisotopic (exact) mass is 584 g/mol. The number of aliphatic hydroxyl groups excluding tert-OH is 1. The summed E-state index contributed by atoms with van der Waals surface area (Å²) in [5.74, 6) is -3.64. The number of nitrogens with zero attached hydrogens (tertiary/aromatic N) is 2. The van der Waals surface area contributed by atoms with Gasteiger partial charge in [-0.1, -0.05) is 59.6 Å². The molecule has 7 nitrogen and oxygen atoms in total. The number of aliphatic hydroxyl groups is 1. The number of aryl methyl sites for hydroxylation is 1. The summed E-state index contributed by atoms with van der Waals surface area (Å²) in [6.45, 7) is 9.29. The minimum absolute atomic E-state index is 0.144. The molecule has 1 spiro atoms. The molecule has 2 bridgehead atoms. The maximum Gasteiger partial charge on any atom is 0.308 e. The fourth-order valence-corrected chi connectivity index (χ4v) is 10.0.